The van der Waals surface area contributed by atoms with Gasteiger partial charge in [0.25, 0.3) is 0 Å². The number of hydrogen-bond acceptors (Lipinski definition) is 5. The van der Waals surface area contributed by atoms with Crippen molar-refractivity contribution in [2.24, 2.45) is 0 Å². The average Bonchev–Trinajstić information content (AvgIpc) is 1.60. The molecule has 0 bridgehead atoms. The third kappa shape index (κ3) is 17.5. The van der Waals surface area contributed by atoms with Crippen LogP contribution in [0, 0.1) is 0 Å². The van der Waals surface area contributed by atoms with E-state index in [2.05, 4.69) is 311 Å². The molecule has 3 aliphatic heterocycles. The van der Waals surface area contributed by atoms with Crippen LogP contribution in [0.1, 0.15) is 213 Å². The molecule has 1 N–H and O–H groups in total. The molecule has 5 heteroatoms. The van der Waals surface area contributed by atoms with Crippen LogP contribution in [0.4, 0.5) is 0 Å². The van der Waals surface area contributed by atoms with E-state index in [1.54, 1.807) is 40.5 Å². The predicted molar refractivity (Wildman–Crippen MR) is 492 cm³/mol. The number of carbonyl (C=O) groups is 1. The standard InChI is InChI=1S/C28H29N.C25H31N.C21H23N.C21H24.C17H16O2/c1-28(25-13-6-3-7-14-25)20-24-12-8-9-15-26(24)27(28)23-16-18-29(19-17-23)21-22-10-4-2-5-11-22;1-3-4-16-26-17-14-20(15-18-26)24-23-13-9-8-10-21(23)19-25(24,2)22-11-6-5-7-12-22;1-21(18-8-3-2-4-9-18)15-17-7-5-6-10-19(17)20(21)16-11-13-22-14-12-16;1-3-4-6-15-20-19-14-10-9-11-17(19)16-21(20,2)18-12-7-5-8-13-18;1-17(13-6-4-3-5-7-13)11-12-8-9-14(19-2)10-15(12)16(17)18/h2-15H,16-21H2,1H3;5-13H,3-4,14-19H2,1-2H3;2-10,22H,11-15H2,1H3;5,7-15H,3-4,6,16H2,1-2H3;3-10H,11H2,1-2H3/b;;;20-15-;. The van der Waals surface area contributed by atoms with Gasteiger partial charge in [-0.25, -0.2) is 0 Å². The molecule has 3 fully saturated rings. The minimum atomic E-state index is -0.448. The first-order chi connectivity index (χ1) is 57.1. The minimum Gasteiger partial charge on any atom is -0.497 e. The Kier molecular flexibility index (Phi) is 26.0. The van der Waals surface area contributed by atoms with Gasteiger partial charge in [-0.1, -0.05) is 369 Å². The molecule has 11 aromatic carbocycles. The molecule has 5 aliphatic carbocycles. The van der Waals surface area contributed by atoms with Gasteiger partial charge in [-0.3, -0.25) is 9.69 Å². The topological polar surface area (TPSA) is 44.8 Å². The summed E-state index contributed by atoms with van der Waals surface area (Å²) < 4.78 is 5.21. The van der Waals surface area contributed by atoms with Crippen molar-refractivity contribution < 1.29 is 9.53 Å². The molecule has 5 unspecified atom stereocenters. The van der Waals surface area contributed by atoms with Gasteiger partial charge in [-0.05, 0) is 228 Å². The van der Waals surface area contributed by atoms with Gasteiger partial charge in [-0.2, -0.15) is 0 Å². The number of ether oxygens (including phenoxy) is 1. The Morgan fingerprint density at radius 1 is 0.350 bits per heavy atom. The fourth-order valence-corrected chi connectivity index (χ4v) is 21.1. The van der Waals surface area contributed by atoms with Gasteiger partial charge >= 0.3 is 0 Å². The Morgan fingerprint density at radius 2 is 0.684 bits per heavy atom. The smallest absolute Gasteiger partial charge is 0.173 e. The average molecular weight is 1540 g/mol. The SMILES string of the molecule is CC1(c2ccccc2)Cc2ccccc2C1=C1CCN(Cc2ccccc2)CC1.CC1(c2ccccc2)Cc2ccccc2C1=C1CCNCC1.CCCC/C=C1/c2ccccc2CC1(C)c1ccccc1.CCCCN1CCC(=C2c3ccccc3CC2(C)c2ccccc2)CC1.COc1ccc2c(c1)C(=O)C(C)(c1ccccc1)C2. The molecular weight excluding hydrogens is 1420 g/mol. The van der Waals surface area contributed by atoms with E-state index in [0.29, 0.717) is 0 Å². The van der Waals surface area contributed by atoms with Crippen molar-refractivity contribution in [2.45, 2.75) is 185 Å². The molecular formula is C112H123N3O2. The van der Waals surface area contributed by atoms with Crippen molar-refractivity contribution in [1.29, 1.82) is 0 Å². The van der Waals surface area contributed by atoms with Gasteiger partial charge in [-0.15, -0.1) is 0 Å². The second-order valence-corrected chi connectivity index (χ2v) is 35.3. The third-order valence-electron chi connectivity index (χ3n) is 27.4. The number of benzene rings is 11. The highest BCUT2D eigenvalue weighted by Gasteiger charge is 2.46. The maximum Gasteiger partial charge on any atom is 0.173 e. The zero-order valence-corrected chi connectivity index (χ0v) is 71.0. The molecule has 0 saturated carbocycles. The summed E-state index contributed by atoms with van der Waals surface area (Å²) in [5.74, 6) is 0.928. The molecule has 0 aromatic heterocycles. The molecule has 0 spiro atoms. The van der Waals surface area contributed by atoms with E-state index in [4.69, 9.17) is 4.74 Å². The Labute approximate surface area is 700 Å². The number of likely N-dealkylation sites (tertiary alicyclic amines) is 2. The molecule has 598 valence electrons. The van der Waals surface area contributed by atoms with Gasteiger partial charge < -0.3 is 15.0 Å². The summed E-state index contributed by atoms with van der Waals surface area (Å²) in [6.07, 6.45) is 21.3. The molecule has 117 heavy (non-hydrogen) atoms. The van der Waals surface area contributed by atoms with Gasteiger partial charge in [0, 0.05) is 59.9 Å². The quantitative estimate of drug-likeness (QED) is 0.110. The van der Waals surface area contributed by atoms with E-state index in [1.165, 1.54) is 168 Å². The van der Waals surface area contributed by atoms with Crippen molar-refractivity contribution >= 4 is 28.1 Å². The van der Waals surface area contributed by atoms with E-state index in [1.807, 2.05) is 55.5 Å². The number of hydrogen-bond donors (Lipinski definition) is 1. The highest BCUT2D eigenvalue weighted by molar-refractivity contribution is 6.08. The predicted octanol–water partition coefficient (Wildman–Crippen LogP) is 25.6. The second-order valence-electron chi connectivity index (χ2n) is 35.3. The number of nitrogens with zero attached hydrogens (tertiary/aromatic N) is 2. The lowest BCUT2D eigenvalue weighted by Crippen LogP contribution is -2.33. The lowest BCUT2D eigenvalue weighted by molar-refractivity contribution is 0.0915. The highest BCUT2D eigenvalue weighted by Crippen LogP contribution is 2.55. The number of carbonyl (C=O) groups excluding carboxylic acids is 1. The molecule has 19 rings (SSSR count). The minimum absolute atomic E-state index is 0.0852. The number of Topliss-reactive ketones (excluding diaryl/α,β-unsaturated/α-hetero) is 1. The van der Waals surface area contributed by atoms with Crippen LogP contribution >= 0.6 is 0 Å². The normalized spacial score (nSPS) is 22.7. The summed E-state index contributed by atoms with van der Waals surface area (Å²) in [7, 11) is 1.62. The first-order valence-corrected chi connectivity index (χ1v) is 44.1. The summed E-state index contributed by atoms with van der Waals surface area (Å²) in [4.78, 5) is 18.0. The number of unbranched alkanes of at least 4 members (excludes halogenated alkanes) is 3. The van der Waals surface area contributed by atoms with Gasteiger partial charge in [0.2, 0.25) is 0 Å². The fourth-order valence-electron chi connectivity index (χ4n) is 21.1. The molecule has 5 nitrogen and oxygen atoms in total. The Bertz CT molecular complexity index is 5300. The van der Waals surface area contributed by atoms with Crippen LogP contribution in [0.5, 0.6) is 5.75 Å². The van der Waals surface area contributed by atoms with Crippen LogP contribution in [0.2, 0.25) is 0 Å². The van der Waals surface area contributed by atoms with Gasteiger partial charge in [0.05, 0.1) is 12.5 Å². The Morgan fingerprint density at radius 3 is 1.10 bits per heavy atom. The molecule has 11 aromatic rings. The number of ketones is 1. The van der Waals surface area contributed by atoms with Crippen LogP contribution in [0.15, 0.2) is 320 Å². The third-order valence-corrected chi connectivity index (χ3v) is 27.4. The number of fused-ring (bicyclic) bond motifs is 5. The zero-order chi connectivity index (χ0) is 80.8. The lowest BCUT2D eigenvalue weighted by Gasteiger charge is -2.34. The van der Waals surface area contributed by atoms with Crippen LogP contribution < -0.4 is 10.1 Å². The zero-order valence-electron chi connectivity index (χ0n) is 71.0. The summed E-state index contributed by atoms with van der Waals surface area (Å²) in [6.45, 7) is 25.7. The maximum atomic E-state index is 12.7. The summed E-state index contributed by atoms with van der Waals surface area (Å²) in [5, 5.41) is 3.50. The van der Waals surface area contributed by atoms with Crippen LogP contribution in [0.25, 0.3) is 22.3 Å². The fraction of sp³-hybridized carbons (Fsp3) is 0.330. The summed E-state index contributed by atoms with van der Waals surface area (Å²) in [5.41, 5.74) is 33.6. The highest BCUT2D eigenvalue weighted by atomic mass is 16.5. The van der Waals surface area contributed by atoms with Crippen molar-refractivity contribution in [3.05, 3.63) is 409 Å². The van der Waals surface area contributed by atoms with Crippen LogP contribution in [-0.4, -0.2) is 68.5 Å². The van der Waals surface area contributed by atoms with E-state index >= 15 is 0 Å². The summed E-state index contributed by atoms with van der Waals surface area (Å²) >= 11 is 0. The first kappa shape index (κ1) is 81.9. The number of nitrogens with one attached hydrogen (secondary N) is 1. The van der Waals surface area contributed by atoms with Crippen molar-refractivity contribution in [3.63, 3.8) is 0 Å². The van der Waals surface area contributed by atoms with Crippen LogP contribution in [-0.2, 0) is 65.7 Å². The second kappa shape index (κ2) is 37.1. The molecule has 0 amide bonds. The van der Waals surface area contributed by atoms with E-state index in [9.17, 15) is 4.79 Å². The number of rotatable bonds is 14. The van der Waals surface area contributed by atoms with Crippen LogP contribution in [0.3, 0.4) is 0 Å². The van der Waals surface area contributed by atoms with E-state index < -0.39 is 5.41 Å². The molecule has 3 heterocycles. The number of piperidine rings is 3. The summed E-state index contributed by atoms with van der Waals surface area (Å²) in [6, 6.07) is 107. The Balaban J connectivity index is 0.000000116. The lowest BCUT2D eigenvalue weighted by atomic mass is 9.73. The first-order valence-electron chi connectivity index (χ1n) is 44.1. The van der Waals surface area contributed by atoms with E-state index in [-0.39, 0.29) is 27.4 Å². The molecule has 5 atom stereocenters. The molecule has 3 saturated heterocycles. The van der Waals surface area contributed by atoms with Crippen molar-refractivity contribution in [1.82, 2.24) is 15.1 Å². The molecule has 8 aliphatic rings. The van der Waals surface area contributed by atoms with Crippen molar-refractivity contribution in [3.8, 4) is 5.75 Å². The maximum absolute atomic E-state index is 12.7. The number of methoxy groups -OCH3 is 1. The number of allylic oxidation sites excluding steroid dienone is 5. The van der Waals surface area contributed by atoms with Crippen molar-refractivity contribution in [2.75, 3.05) is 52.9 Å². The monoisotopic (exact) mass is 1540 g/mol. The van der Waals surface area contributed by atoms with E-state index in [0.717, 1.165) is 87.3 Å². The molecule has 0 radical (unpaired) electrons. The van der Waals surface area contributed by atoms with Gasteiger partial charge in [0.15, 0.2) is 5.78 Å². The largest absolute Gasteiger partial charge is 0.497 e. The van der Waals surface area contributed by atoms with Gasteiger partial charge in [0.1, 0.15) is 5.75 Å². The Hall–Kier alpha value is -10.3.